The van der Waals surface area contributed by atoms with Crippen LogP contribution in [0, 0.1) is 12.8 Å². The Labute approximate surface area is 124 Å². The molecule has 0 aromatic carbocycles. The van der Waals surface area contributed by atoms with Gasteiger partial charge in [-0.05, 0) is 12.8 Å². The molecule has 0 aliphatic heterocycles. The number of nitrogens with two attached hydrogens (primary N) is 1. The van der Waals surface area contributed by atoms with E-state index in [1.165, 1.54) is 11.8 Å². The van der Waals surface area contributed by atoms with Gasteiger partial charge in [0.15, 0.2) is 0 Å². The summed E-state index contributed by atoms with van der Waals surface area (Å²) in [7, 11) is 0. The van der Waals surface area contributed by atoms with Crippen LogP contribution in [-0.4, -0.2) is 20.2 Å². The maximum atomic E-state index is 11.7. The summed E-state index contributed by atoms with van der Waals surface area (Å²) in [5.74, 6) is 0.878. The third-order valence-corrected chi connectivity index (χ3v) is 3.87. The van der Waals surface area contributed by atoms with Crippen LogP contribution in [0.15, 0.2) is 19.2 Å². The zero-order valence-corrected chi connectivity index (χ0v) is 12.8. The SMILES string of the molecule is Cc1[nH]c(=O)[nH]c(=O)c1CSc1nnc([C@@H](N)C(C)C)o1. The minimum absolute atomic E-state index is 0.188. The Kier molecular flexibility index (Phi) is 4.63. The number of hydrogen-bond donors (Lipinski definition) is 3. The fraction of sp³-hybridized carbons (Fsp3) is 0.500. The van der Waals surface area contributed by atoms with Crippen molar-refractivity contribution in [1.82, 2.24) is 20.2 Å². The maximum absolute atomic E-state index is 11.7. The molecule has 0 amide bonds. The van der Waals surface area contributed by atoms with Crippen LogP contribution in [-0.2, 0) is 5.75 Å². The quantitative estimate of drug-likeness (QED) is 0.693. The fourth-order valence-corrected chi connectivity index (χ4v) is 2.49. The standard InChI is InChI=1S/C12H17N5O3S/c1-5(2)8(13)10-16-17-12(20-10)21-4-7-6(3)14-11(19)15-9(7)18/h5,8H,4,13H2,1-3H3,(H2,14,15,18,19)/t8-/m0/s1. The lowest BCUT2D eigenvalue weighted by atomic mass is 10.1. The van der Waals surface area contributed by atoms with Crippen LogP contribution < -0.4 is 17.0 Å². The summed E-state index contributed by atoms with van der Waals surface area (Å²) in [5.41, 5.74) is 5.98. The van der Waals surface area contributed by atoms with Crippen LogP contribution >= 0.6 is 11.8 Å². The average Bonchev–Trinajstić information content (AvgIpc) is 2.85. The first-order valence-electron chi connectivity index (χ1n) is 6.42. The molecule has 0 spiro atoms. The summed E-state index contributed by atoms with van der Waals surface area (Å²) in [6.07, 6.45) is 0. The van der Waals surface area contributed by atoms with Crippen molar-refractivity contribution in [2.45, 2.75) is 37.8 Å². The molecule has 2 aromatic rings. The average molecular weight is 311 g/mol. The lowest BCUT2D eigenvalue weighted by Crippen LogP contribution is -2.26. The molecule has 0 aliphatic carbocycles. The largest absolute Gasteiger partial charge is 0.414 e. The Morgan fingerprint density at radius 2 is 2.00 bits per heavy atom. The van der Waals surface area contributed by atoms with Gasteiger partial charge in [-0.1, -0.05) is 25.6 Å². The maximum Gasteiger partial charge on any atom is 0.325 e. The number of nitrogens with one attached hydrogen (secondary N) is 2. The molecule has 0 radical (unpaired) electrons. The van der Waals surface area contributed by atoms with Crippen molar-refractivity contribution in [2.75, 3.05) is 0 Å². The summed E-state index contributed by atoms with van der Waals surface area (Å²) in [5, 5.41) is 8.14. The van der Waals surface area contributed by atoms with E-state index in [1.807, 2.05) is 13.8 Å². The topological polar surface area (TPSA) is 131 Å². The highest BCUT2D eigenvalue weighted by Crippen LogP contribution is 2.24. The lowest BCUT2D eigenvalue weighted by Gasteiger charge is -2.09. The van der Waals surface area contributed by atoms with Crippen LogP contribution in [0.4, 0.5) is 0 Å². The van der Waals surface area contributed by atoms with E-state index in [0.717, 1.165) is 0 Å². The van der Waals surface area contributed by atoms with Crippen molar-refractivity contribution in [3.8, 4) is 0 Å². The molecule has 4 N–H and O–H groups in total. The smallest absolute Gasteiger partial charge is 0.325 e. The van der Waals surface area contributed by atoms with Gasteiger partial charge >= 0.3 is 5.69 Å². The Hall–Kier alpha value is -1.87. The fourth-order valence-electron chi connectivity index (χ4n) is 1.63. The Balaban J connectivity index is 2.11. The second-order valence-electron chi connectivity index (χ2n) is 4.98. The number of nitrogens with zero attached hydrogens (tertiary/aromatic N) is 2. The highest BCUT2D eigenvalue weighted by Gasteiger charge is 2.18. The number of rotatable bonds is 5. The molecule has 0 aliphatic rings. The first kappa shape index (κ1) is 15.5. The number of aromatic amines is 2. The van der Waals surface area contributed by atoms with Gasteiger partial charge < -0.3 is 15.1 Å². The van der Waals surface area contributed by atoms with Gasteiger partial charge in [-0.25, -0.2) is 4.79 Å². The minimum Gasteiger partial charge on any atom is -0.414 e. The Morgan fingerprint density at radius 3 is 2.62 bits per heavy atom. The van der Waals surface area contributed by atoms with Crippen LogP contribution in [0.25, 0.3) is 0 Å². The number of aromatic nitrogens is 4. The lowest BCUT2D eigenvalue weighted by molar-refractivity contribution is 0.349. The first-order chi connectivity index (χ1) is 9.88. The van der Waals surface area contributed by atoms with E-state index in [4.69, 9.17) is 10.2 Å². The molecule has 2 aromatic heterocycles. The van der Waals surface area contributed by atoms with E-state index in [1.54, 1.807) is 6.92 Å². The summed E-state index contributed by atoms with van der Waals surface area (Å²) in [4.78, 5) is 27.5. The van der Waals surface area contributed by atoms with Crippen molar-refractivity contribution in [3.63, 3.8) is 0 Å². The van der Waals surface area contributed by atoms with Crippen molar-refractivity contribution in [2.24, 2.45) is 11.7 Å². The van der Waals surface area contributed by atoms with Gasteiger partial charge in [0.05, 0.1) is 6.04 Å². The van der Waals surface area contributed by atoms with E-state index in [-0.39, 0.29) is 12.0 Å². The van der Waals surface area contributed by atoms with E-state index in [9.17, 15) is 9.59 Å². The van der Waals surface area contributed by atoms with Crippen molar-refractivity contribution in [3.05, 3.63) is 38.0 Å². The molecule has 21 heavy (non-hydrogen) atoms. The highest BCUT2D eigenvalue weighted by atomic mass is 32.2. The monoisotopic (exact) mass is 311 g/mol. The van der Waals surface area contributed by atoms with Gasteiger partial charge in [-0.2, -0.15) is 0 Å². The second-order valence-corrected chi connectivity index (χ2v) is 5.90. The number of H-pyrrole nitrogens is 2. The predicted octanol–water partition coefficient (Wildman–Crippen LogP) is 0.703. The highest BCUT2D eigenvalue weighted by molar-refractivity contribution is 7.98. The van der Waals surface area contributed by atoms with Gasteiger partial charge in [0.1, 0.15) is 0 Å². The zero-order chi connectivity index (χ0) is 15.6. The molecule has 1 atom stereocenters. The zero-order valence-electron chi connectivity index (χ0n) is 12.0. The molecule has 0 saturated carbocycles. The summed E-state index contributed by atoms with van der Waals surface area (Å²) >= 11 is 1.22. The van der Waals surface area contributed by atoms with E-state index < -0.39 is 11.2 Å². The number of aryl methyl sites for hydroxylation is 1. The van der Waals surface area contributed by atoms with Gasteiger partial charge in [0.2, 0.25) is 5.89 Å². The molecule has 9 heteroatoms. The third kappa shape index (κ3) is 3.61. The molecule has 2 rings (SSSR count). The summed E-state index contributed by atoms with van der Waals surface area (Å²) < 4.78 is 5.46. The van der Waals surface area contributed by atoms with Crippen LogP contribution in [0.3, 0.4) is 0 Å². The Morgan fingerprint density at radius 1 is 1.29 bits per heavy atom. The van der Waals surface area contributed by atoms with Crippen molar-refractivity contribution in [1.29, 1.82) is 0 Å². The molecule has 8 nitrogen and oxygen atoms in total. The molecule has 114 valence electrons. The van der Waals surface area contributed by atoms with Crippen molar-refractivity contribution >= 4 is 11.8 Å². The van der Waals surface area contributed by atoms with Crippen LogP contribution in [0.2, 0.25) is 0 Å². The molecular weight excluding hydrogens is 294 g/mol. The van der Waals surface area contributed by atoms with Crippen LogP contribution in [0.5, 0.6) is 0 Å². The minimum atomic E-state index is -0.519. The van der Waals surface area contributed by atoms with Gasteiger partial charge in [0.25, 0.3) is 10.8 Å². The van der Waals surface area contributed by atoms with Gasteiger partial charge in [-0.15, -0.1) is 10.2 Å². The summed E-state index contributed by atoms with van der Waals surface area (Å²) in [6.45, 7) is 5.59. The van der Waals surface area contributed by atoms with Gasteiger partial charge in [0, 0.05) is 17.0 Å². The first-order valence-corrected chi connectivity index (χ1v) is 7.41. The van der Waals surface area contributed by atoms with Crippen LogP contribution in [0.1, 0.15) is 37.0 Å². The normalized spacial score (nSPS) is 12.8. The number of hydrogen-bond acceptors (Lipinski definition) is 7. The van der Waals surface area contributed by atoms with Gasteiger partial charge in [-0.3, -0.25) is 9.78 Å². The predicted molar refractivity (Wildman–Crippen MR) is 78.0 cm³/mol. The second kappa shape index (κ2) is 6.27. The molecule has 2 heterocycles. The molecular formula is C12H17N5O3S. The summed E-state index contributed by atoms with van der Waals surface area (Å²) in [6, 6.07) is -0.315. The molecule has 0 unspecified atom stereocenters. The molecule has 0 fully saturated rings. The van der Waals surface area contributed by atoms with E-state index in [0.29, 0.717) is 28.1 Å². The van der Waals surface area contributed by atoms with E-state index >= 15 is 0 Å². The molecule has 0 saturated heterocycles. The van der Waals surface area contributed by atoms with E-state index in [2.05, 4.69) is 20.2 Å². The Bertz CT molecular complexity index is 733. The number of thioether (sulfide) groups is 1. The third-order valence-electron chi connectivity index (χ3n) is 3.02. The van der Waals surface area contributed by atoms with Crippen molar-refractivity contribution < 1.29 is 4.42 Å². The molecule has 0 bridgehead atoms.